The summed E-state index contributed by atoms with van der Waals surface area (Å²) >= 11 is 0. The summed E-state index contributed by atoms with van der Waals surface area (Å²) in [5.41, 5.74) is -6.72. The maximum absolute atomic E-state index is 14.0. The standard InChI is InChI=1S/C32H44N2O9/c1-6-34-16-28(43-26(36)18-9-7-8-10-20(18)33-17(2)35)12-11-24(41-4)31-22-13-19-21(40-3)14-30(38,32(22,39)25(19)42-5)29(37,27(31)34)15-23(28)31/h7-10,19,21-25,27,37-39H,6,11-16H2,1-5H3,(H,33,35)/t19-,21?,22+,23-,24?,25?,27+,28-,29?,30?,31?,32+/m1/s1. The van der Waals surface area contributed by atoms with Gasteiger partial charge in [0.05, 0.1) is 35.6 Å². The quantitative estimate of drug-likeness (QED) is 0.338. The number of likely N-dealkylation sites (N-methyl/N-ethyl adjacent to an activating group) is 1. The van der Waals surface area contributed by atoms with Gasteiger partial charge in [0.2, 0.25) is 5.91 Å². The SMILES string of the molecule is CCN1C[C@]2(OC(=O)c3ccccc3NC(C)=O)CCC(OC)C34[C@@H]1C(O)(C[C@@H]32)C1(O)CC(OC)[C@H]2C[C@@H]4[C@]1(O)C2OC. The van der Waals surface area contributed by atoms with E-state index in [-0.39, 0.29) is 36.3 Å². The number of rotatable bonds is 7. The maximum atomic E-state index is 14.0. The number of nitrogens with one attached hydrogen (secondary N) is 1. The summed E-state index contributed by atoms with van der Waals surface area (Å²) in [7, 11) is 4.82. The molecule has 1 aliphatic heterocycles. The summed E-state index contributed by atoms with van der Waals surface area (Å²) in [5.74, 6) is -1.97. The van der Waals surface area contributed by atoms with Crippen molar-refractivity contribution in [2.45, 2.75) is 92.7 Å². The Morgan fingerprint density at radius 2 is 1.79 bits per heavy atom. The summed E-state index contributed by atoms with van der Waals surface area (Å²) in [5, 5.41) is 41.5. The number of anilines is 1. The van der Waals surface area contributed by atoms with E-state index >= 15 is 0 Å². The Balaban J connectivity index is 1.41. The predicted octanol–water partition coefficient (Wildman–Crippen LogP) is 1.34. The number of likely N-dealkylation sites (tertiary alicyclic amines) is 1. The van der Waals surface area contributed by atoms with Gasteiger partial charge in [-0.15, -0.1) is 0 Å². The predicted molar refractivity (Wildman–Crippen MR) is 153 cm³/mol. The second-order valence-corrected chi connectivity index (χ2v) is 13.9. The molecule has 0 aromatic heterocycles. The first-order valence-electron chi connectivity index (χ1n) is 15.5. The van der Waals surface area contributed by atoms with Gasteiger partial charge < -0.3 is 39.6 Å². The highest BCUT2D eigenvalue weighted by Gasteiger charge is 2.93. The van der Waals surface area contributed by atoms with Crippen LogP contribution in [0.3, 0.4) is 0 Å². The Morgan fingerprint density at radius 3 is 2.44 bits per heavy atom. The Morgan fingerprint density at radius 1 is 1.05 bits per heavy atom. The molecule has 6 unspecified atom stereocenters. The number of esters is 1. The van der Waals surface area contributed by atoms with E-state index in [1.165, 1.54) is 6.92 Å². The smallest absolute Gasteiger partial charge is 0.340 e. The lowest BCUT2D eigenvalue weighted by Gasteiger charge is -2.71. The molecule has 1 heterocycles. The number of para-hydroxylation sites is 1. The van der Waals surface area contributed by atoms with Crippen molar-refractivity contribution in [1.29, 1.82) is 0 Å². The zero-order chi connectivity index (χ0) is 30.7. The van der Waals surface area contributed by atoms with Gasteiger partial charge in [-0.05, 0) is 44.4 Å². The molecule has 6 aliphatic rings. The van der Waals surface area contributed by atoms with E-state index in [1.54, 1.807) is 45.6 Å². The van der Waals surface area contributed by atoms with Gasteiger partial charge in [-0.1, -0.05) is 19.1 Å². The van der Waals surface area contributed by atoms with Crippen LogP contribution in [0.4, 0.5) is 5.69 Å². The summed E-state index contributed by atoms with van der Waals surface area (Å²) in [4.78, 5) is 28.1. The fraction of sp³-hybridized carbons (Fsp3) is 0.750. The average molecular weight is 601 g/mol. The van der Waals surface area contributed by atoms with Crippen LogP contribution in [0.2, 0.25) is 0 Å². The molecule has 7 rings (SSSR count). The van der Waals surface area contributed by atoms with Crippen molar-refractivity contribution in [2.75, 3.05) is 39.7 Å². The molecule has 4 N–H and O–H groups in total. The second kappa shape index (κ2) is 9.45. The van der Waals surface area contributed by atoms with E-state index in [1.807, 2.05) is 6.92 Å². The van der Waals surface area contributed by atoms with E-state index in [9.17, 15) is 24.9 Å². The minimum atomic E-state index is -1.93. The molecule has 1 aromatic rings. The van der Waals surface area contributed by atoms with Crippen LogP contribution in [-0.4, -0.2) is 113 Å². The van der Waals surface area contributed by atoms with E-state index < -0.39 is 63.9 Å². The Hall–Kier alpha value is -2.12. The minimum Gasteiger partial charge on any atom is -0.454 e. The van der Waals surface area contributed by atoms with Crippen molar-refractivity contribution in [3.8, 4) is 0 Å². The number of ether oxygens (including phenoxy) is 4. The number of benzene rings is 1. The molecule has 7 bridgehead atoms. The summed E-state index contributed by atoms with van der Waals surface area (Å²) in [6.45, 7) is 4.30. The number of amides is 1. The molecule has 11 heteroatoms. The number of aliphatic hydroxyl groups is 3. The Bertz CT molecular complexity index is 1340. The van der Waals surface area contributed by atoms with Crippen LogP contribution >= 0.6 is 0 Å². The van der Waals surface area contributed by atoms with Gasteiger partial charge in [0.1, 0.15) is 22.4 Å². The van der Waals surface area contributed by atoms with Gasteiger partial charge in [0, 0.05) is 64.4 Å². The van der Waals surface area contributed by atoms with Crippen molar-refractivity contribution >= 4 is 17.6 Å². The second-order valence-electron chi connectivity index (χ2n) is 13.9. The van der Waals surface area contributed by atoms with Crippen molar-refractivity contribution in [3.63, 3.8) is 0 Å². The first-order chi connectivity index (χ1) is 20.4. The lowest BCUT2D eigenvalue weighted by atomic mass is 9.43. The van der Waals surface area contributed by atoms with Crippen molar-refractivity contribution in [2.24, 2.45) is 23.2 Å². The maximum Gasteiger partial charge on any atom is 0.340 e. The summed E-state index contributed by atoms with van der Waals surface area (Å²) in [6, 6.07) is 6.23. The molecule has 43 heavy (non-hydrogen) atoms. The Kier molecular flexibility index (Phi) is 6.50. The zero-order valence-corrected chi connectivity index (χ0v) is 25.5. The van der Waals surface area contributed by atoms with Gasteiger partial charge in [-0.3, -0.25) is 9.69 Å². The largest absolute Gasteiger partial charge is 0.454 e. The fourth-order valence-corrected chi connectivity index (χ4v) is 11.6. The number of hydrogen-bond acceptors (Lipinski definition) is 10. The summed E-state index contributed by atoms with van der Waals surface area (Å²) in [6.07, 6.45) is 0.245. The Labute approximate surface area is 251 Å². The van der Waals surface area contributed by atoms with Crippen LogP contribution in [0.1, 0.15) is 56.3 Å². The van der Waals surface area contributed by atoms with Crippen LogP contribution in [0.5, 0.6) is 0 Å². The van der Waals surface area contributed by atoms with Gasteiger partial charge in [-0.2, -0.15) is 0 Å². The number of piperidine rings is 1. The third-order valence-corrected chi connectivity index (χ3v) is 12.7. The number of carbonyl (C=O) groups is 2. The van der Waals surface area contributed by atoms with Crippen LogP contribution < -0.4 is 5.32 Å². The lowest BCUT2D eigenvalue weighted by Crippen LogP contribution is -2.87. The molecule has 1 aromatic carbocycles. The molecule has 236 valence electrons. The topological polar surface area (TPSA) is 147 Å². The molecule has 1 spiro atoms. The number of carbonyl (C=O) groups excluding carboxylic acids is 2. The van der Waals surface area contributed by atoms with Crippen LogP contribution in [0.25, 0.3) is 0 Å². The van der Waals surface area contributed by atoms with E-state index in [4.69, 9.17) is 18.9 Å². The highest BCUT2D eigenvalue weighted by molar-refractivity contribution is 6.00. The molecule has 11 nitrogen and oxygen atoms in total. The lowest BCUT2D eigenvalue weighted by molar-refractivity contribution is -0.369. The zero-order valence-electron chi connectivity index (χ0n) is 25.5. The van der Waals surface area contributed by atoms with Gasteiger partial charge >= 0.3 is 5.97 Å². The van der Waals surface area contributed by atoms with Crippen LogP contribution in [0, 0.1) is 23.2 Å². The molecular formula is C32H44N2O9. The first kappa shape index (κ1) is 29.6. The third-order valence-electron chi connectivity index (χ3n) is 12.7. The molecule has 1 saturated heterocycles. The van der Waals surface area contributed by atoms with Crippen molar-refractivity contribution in [1.82, 2.24) is 4.90 Å². The highest BCUT2D eigenvalue weighted by Crippen LogP contribution is 2.80. The van der Waals surface area contributed by atoms with Crippen molar-refractivity contribution < 1.29 is 43.9 Å². The molecule has 0 radical (unpaired) electrons. The monoisotopic (exact) mass is 600 g/mol. The third kappa shape index (κ3) is 3.24. The molecular weight excluding hydrogens is 556 g/mol. The van der Waals surface area contributed by atoms with Gasteiger partial charge in [-0.25, -0.2) is 4.79 Å². The van der Waals surface area contributed by atoms with Crippen LogP contribution in [0.15, 0.2) is 24.3 Å². The van der Waals surface area contributed by atoms with Crippen LogP contribution in [-0.2, 0) is 23.7 Å². The molecule has 12 atom stereocenters. The van der Waals surface area contributed by atoms with Gasteiger partial charge in [0.15, 0.2) is 0 Å². The minimum absolute atomic E-state index is 0.0723. The normalized spacial score (nSPS) is 49.1. The fourth-order valence-electron chi connectivity index (χ4n) is 11.6. The summed E-state index contributed by atoms with van der Waals surface area (Å²) < 4.78 is 24.8. The highest BCUT2D eigenvalue weighted by atomic mass is 16.6. The first-order valence-corrected chi connectivity index (χ1v) is 15.5. The van der Waals surface area contributed by atoms with Crippen molar-refractivity contribution in [3.05, 3.63) is 29.8 Å². The average Bonchev–Trinajstić information content (AvgIpc) is 3.36. The number of hydrogen-bond donors (Lipinski definition) is 4. The number of fused-ring (bicyclic) bond motifs is 2. The number of methoxy groups -OCH3 is 3. The van der Waals surface area contributed by atoms with E-state index in [0.717, 1.165) is 0 Å². The van der Waals surface area contributed by atoms with E-state index in [0.29, 0.717) is 38.0 Å². The van der Waals surface area contributed by atoms with E-state index in [2.05, 4.69) is 10.2 Å². The molecule has 6 fully saturated rings. The molecule has 5 aliphatic carbocycles. The van der Waals surface area contributed by atoms with Gasteiger partial charge in [0.25, 0.3) is 0 Å². The number of nitrogens with zero attached hydrogens (tertiary/aromatic N) is 1. The molecule has 1 amide bonds. The molecule has 5 saturated carbocycles.